The predicted molar refractivity (Wildman–Crippen MR) is 120 cm³/mol. The zero-order valence-electron chi connectivity index (χ0n) is 16.6. The molecule has 0 unspecified atom stereocenters. The number of hydrogen-bond acceptors (Lipinski definition) is 5. The smallest absolute Gasteiger partial charge is 0.261 e. The number of carbonyl (C=O) groups excluding carboxylic acids is 3. The molecule has 8 heteroatoms. The van der Waals surface area contributed by atoms with Crippen molar-refractivity contribution in [3.63, 3.8) is 0 Å². The highest BCUT2D eigenvalue weighted by molar-refractivity contribution is 9.10. The lowest BCUT2D eigenvalue weighted by atomic mass is 10.0. The molecule has 7 nitrogen and oxygen atoms in total. The molecular formula is C24H15BrN4O3. The summed E-state index contributed by atoms with van der Waals surface area (Å²) in [6, 6.07) is 21.0. The van der Waals surface area contributed by atoms with Crippen LogP contribution in [0.25, 0.3) is 5.69 Å². The van der Waals surface area contributed by atoms with Crippen molar-refractivity contribution in [2.45, 2.75) is 6.54 Å². The second-order valence-electron chi connectivity index (χ2n) is 7.22. The number of rotatable bonds is 5. The van der Waals surface area contributed by atoms with Gasteiger partial charge in [-0.2, -0.15) is 0 Å². The lowest BCUT2D eigenvalue weighted by molar-refractivity contribution is 0.0637. The molecule has 0 saturated heterocycles. The maximum absolute atomic E-state index is 13.2. The lowest BCUT2D eigenvalue weighted by Gasteiger charge is -2.16. The Balaban J connectivity index is 1.53. The molecule has 32 heavy (non-hydrogen) atoms. The van der Waals surface area contributed by atoms with E-state index in [2.05, 4.69) is 26.1 Å². The molecule has 0 aliphatic carbocycles. The van der Waals surface area contributed by atoms with E-state index < -0.39 is 0 Å². The first kappa shape index (κ1) is 20.0. The van der Waals surface area contributed by atoms with E-state index in [1.807, 2.05) is 12.1 Å². The summed E-state index contributed by atoms with van der Waals surface area (Å²) in [5.74, 6) is -0.556. The summed E-state index contributed by atoms with van der Waals surface area (Å²) in [5, 5.41) is 8.10. The van der Waals surface area contributed by atoms with E-state index in [1.165, 1.54) is 6.33 Å². The molecule has 4 aromatic rings. The van der Waals surface area contributed by atoms with Crippen LogP contribution in [0.4, 0.5) is 0 Å². The van der Waals surface area contributed by atoms with Crippen LogP contribution in [0, 0.1) is 0 Å². The molecule has 0 N–H and O–H groups in total. The molecule has 1 aromatic heterocycles. The highest BCUT2D eigenvalue weighted by atomic mass is 79.9. The van der Waals surface area contributed by atoms with Gasteiger partial charge in [0.25, 0.3) is 11.8 Å². The van der Waals surface area contributed by atoms with Crippen LogP contribution in [0.2, 0.25) is 0 Å². The van der Waals surface area contributed by atoms with E-state index in [9.17, 15) is 14.4 Å². The van der Waals surface area contributed by atoms with Gasteiger partial charge in [0.15, 0.2) is 11.6 Å². The number of aromatic nitrogens is 3. The fourth-order valence-electron chi connectivity index (χ4n) is 3.74. The number of amides is 2. The molecule has 2 amide bonds. The van der Waals surface area contributed by atoms with Gasteiger partial charge in [-0.05, 0) is 30.3 Å². The monoisotopic (exact) mass is 486 g/mol. The minimum atomic E-state index is -0.378. The molecule has 0 saturated carbocycles. The van der Waals surface area contributed by atoms with Crippen LogP contribution in [-0.2, 0) is 6.54 Å². The lowest BCUT2D eigenvalue weighted by Crippen LogP contribution is -2.30. The maximum atomic E-state index is 13.2. The number of imide groups is 1. The zero-order valence-corrected chi connectivity index (χ0v) is 18.2. The van der Waals surface area contributed by atoms with Gasteiger partial charge in [-0.1, -0.05) is 58.4 Å². The van der Waals surface area contributed by atoms with Crippen molar-refractivity contribution < 1.29 is 14.4 Å². The van der Waals surface area contributed by atoms with Crippen LogP contribution in [0.15, 0.2) is 83.6 Å². The standard InChI is InChI=1S/C24H15BrN4O3/c25-16-10-11-20(19(12-16)22(30)15-6-2-1-3-7-15)29-14-26-27-21(29)13-28-23(31)17-8-4-5-9-18(17)24(28)32/h1-12,14H,13H2. The van der Waals surface area contributed by atoms with Gasteiger partial charge in [-0.25, -0.2) is 0 Å². The number of benzene rings is 3. The Morgan fingerprint density at radius 2 is 1.53 bits per heavy atom. The van der Waals surface area contributed by atoms with Gasteiger partial charge in [0, 0.05) is 15.6 Å². The number of ketones is 1. The van der Waals surface area contributed by atoms with Crippen molar-refractivity contribution in [3.05, 3.63) is 112 Å². The van der Waals surface area contributed by atoms with Gasteiger partial charge in [0.1, 0.15) is 6.33 Å². The maximum Gasteiger partial charge on any atom is 0.261 e. The van der Waals surface area contributed by atoms with Crippen LogP contribution in [-0.4, -0.2) is 37.3 Å². The average Bonchev–Trinajstić information content (AvgIpc) is 3.38. The van der Waals surface area contributed by atoms with Crippen molar-refractivity contribution >= 4 is 33.5 Å². The van der Waals surface area contributed by atoms with Crippen molar-refractivity contribution in [2.75, 3.05) is 0 Å². The Labute approximate surface area is 191 Å². The number of halogens is 1. The summed E-state index contributed by atoms with van der Waals surface area (Å²) < 4.78 is 2.38. The van der Waals surface area contributed by atoms with E-state index in [1.54, 1.807) is 65.2 Å². The minimum Gasteiger partial charge on any atom is -0.289 e. The quantitative estimate of drug-likeness (QED) is 0.313. The van der Waals surface area contributed by atoms with E-state index >= 15 is 0 Å². The third-order valence-corrected chi connectivity index (χ3v) is 5.79. The molecule has 0 spiro atoms. The topological polar surface area (TPSA) is 85.2 Å². The van der Waals surface area contributed by atoms with Gasteiger partial charge >= 0.3 is 0 Å². The van der Waals surface area contributed by atoms with Crippen molar-refractivity contribution in [2.24, 2.45) is 0 Å². The molecule has 1 aliphatic heterocycles. The SMILES string of the molecule is O=C(c1ccccc1)c1cc(Br)ccc1-n1cnnc1CN1C(=O)c2ccccc2C1=O. The molecule has 2 heterocycles. The van der Waals surface area contributed by atoms with E-state index in [0.29, 0.717) is 33.8 Å². The zero-order chi connectivity index (χ0) is 22.2. The Hall–Kier alpha value is -3.91. The van der Waals surface area contributed by atoms with Crippen LogP contribution in [0.5, 0.6) is 0 Å². The molecule has 0 radical (unpaired) electrons. The predicted octanol–water partition coefficient (Wildman–Crippen LogP) is 4.06. The van der Waals surface area contributed by atoms with Gasteiger partial charge in [-0.15, -0.1) is 10.2 Å². The van der Waals surface area contributed by atoms with Crippen LogP contribution in [0.1, 0.15) is 42.5 Å². The van der Waals surface area contributed by atoms with Crippen molar-refractivity contribution in [3.8, 4) is 5.69 Å². The Bertz CT molecular complexity index is 1350. The third kappa shape index (κ3) is 3.34. The van der Waals surface area contributed by atoms with E-state index in [4.69, 9.17) is 0 Å². The second kappa shape index (κ2) is 7.97. The summed E-state index contributed by atoms with van der Waals surface area (Å²) in [6.45, 7) is -0.0681. The molecule has 156 valence electrons. The summed E-state index contributed by atoms with van der Waals surface area (Å²) in [7, 11) is 0. The van der Waals surface area contributed by atoms with Crippen molar-refractivity contribution in [1.82, 2.24) is 19.7 Å². The number of carbonyl (C=O) groups is 3. The fourth-order valence-corrected chi connectivity index (χ4v) is 4.10. The fraction of sp³-hybridized carbons (Fsp3) is 0.0417. The van der Waals surface area contributed by atoms with E-state index in [-0.39, 0.29) is 24.1 Å². The Kier molecular flexibility index (Phi) is 4.99. The van der Waals surface area contributed by atoms with Gasteiger partial charge in [0.2, 0.25) is 0 Å². The first-order valence-corrected chi connectivity index (χ1v) is 10.6. The molecule has 5 rings (SSSR count). The van der Waals surface area contributed by atoms with Crippen molar-refractivity contribution in [1.29, 1.82) is 0 Å². The third-order valence-electron chi connectivity index (χ3n) is 5.29. The summed E-state index contributed by atoms with van der Waals surface area (Å²) in [4.78, 5) is 39.9. The molecular weight excluding hydrogens is 472 g/mol. The largest absolute Gasteiger partial charge is 0.289 e. The van der Waals surface area contributed by atoms with Crippen LogP contribution >= 0.6 is 15.9 Å². The first-order chi connectivity index (χ1) is 15.5. The molecule has 0 atom stereocenters. The molecule has 0 bridgehead atoms. The summed E-state index contributed by atoms with van der Waals surface area (Å²) in [6.07, 6.45) is 1.47. The number of hydrogen-bond donors (Lipinski definition) is 0. The van der Waals surface area contributed by atoms with Gasteiger partial charge in [0.05, 0.1) is 23.4 Å². The van der Waals surface area contributed by atoms with Gasteiger partial charge < -0.3 is 0 Å². The molecule has 0 fully saturated rings. The normalized spacial score (nSPS) is 12.8. The minimum absolute atomic E-state index is 0.0681. The first-order valence-electron chi connectivity index (χ1n) is 9.78. The second-order valence-corrected chi connectivity index (χ2v) is 8.13. The molecule has 3 aromatic carbocycles. The van der Waals surface area contributed by atoms with Gasteiger partial charge in [-0.3, -0.25) is 23.9 Å². The van der Waals surface area contributed by atoms with Crippen LogP contribution < -0.4 is 0 Å². The van der Waals surface area contributed by atoms with Crippen LogP contribution in [0.3, 0.4) is 0 Å². The number of nitrogens with zero attached hydrogens (tertiary/aromatic N) is 4. The molecule has 1 aliphatic rings. The Morgan fingerprint density at radius 1 is 0.875 bits per heavy atom. The summed E-state index contributed by atoms with van der Waals surface area (Å²) >= 11 is 3.43. The highest BCUT2D eigenvalue weighted by Gasteiger charge is 2.36. The summed E-state index contributed by atoms with van der Waals surface area (Å²) in [5.41, 5.74) is 2.27. The number of fused-ring (bicyclic) bond motifs is 1. The van der Waals surface area contributed by atoms with E-state index in [0.717, 1.165) is 9.37 Å². The highest BCUT2D eigenvalue weighted by Crippen LogP contribution is 2.27. The Morgan fingerprint density at radius 3 is 2.22 bits per heavy atom. The average molecular weight is 487 g/mol.